The van der Waals surface area contributed by atoms with Crippen LogP contribution in [-0.4, -0.2) is 25.2 Å². The molecule has 13 heavy (non-hydrogen) atoms. The van der Waals surface area contributed by atoms with E-state index in [0.29, 0.717) is 5.54 Å². The third-order valence-electron chi connectivity index (χ3n) is 3.68. The Labute approximate surface area is 81.5 Å². The normalized spacial score (nSPS) is 27.5. The molecule has 0 bridgehead atoms. The molecule has 0 amide bonds. The molecule has 0 aromatic rings. The van der Waals surface area contributed by atoms with Crippen molar-refractivity contribution >= 4 is 0 Å². The first-order valence-electron chi connectivity index (χ1n) is 5.74. The van der Waals surface area contributed by atoms with Crippen LogP contribution in [0.25, 0.3) is 0 Å². The smallest absolute Gasteiger partial charge is 0.0153 e. The van der Waals surface area contributed by atoms with Crippen LogP contribution in [0.5, 0.6) is 0 Å². The molecule has 2 aliphatic rings. The maximum Gasteiger partial charge on any atom is 0.0153 e. The van der Waals surface area contributed by atoms with Gasteiger partial charge in [0.15, 0.2) is 0 Å². The molecule has 0 radical (unpaired) electrons. The minimum absolute atomic E-state index is 0.483. The van der Waals surface area contributed by atoms with Gasteiger partial charge < -0.3 is 10.6 Å². The Bertz CT molecular complexity index is 157. The van der Waals surface area contributed by atoms with Crippen molar-refractivity contribution in [1.29, 1.82) is 0 Å². The second-order valence-electron chi connectivity index (χ2n) is 5.01. The molecule has 2 nitrogen and oxygen atoms in total. The summed E-state index contributed by atoms with van der Waals surface area (Å²) < 4.78 is 0. The van der Waals surface area contributed by atoms with Gasteiger partial charge in [0.2, 0.25) is 0 Å². The van der Waals surface area contributed by atoms with E-state index in [1.54, 1.807) is 0 Å². The average Bonchev–Trinajstić information content (AvgIpc) is 2.43. The van der Waals surface area contributed by atoms with Crippen LogP contribution in [0.1, 0.15) is 39.0 Å². The second-order valence-corrected chi connectivity index (χ2v) is 5.01. The van der Waals surface area contributed by atoms with E-state index in [1.807, 2.05) is 0 Å². The minimum Gasteiger partial charge on any atom is -0.316 e. The van der Waals surface area contributed by atoms with Gasteiger partial charge in [0.1, 0.15) is 0 Å². The van der Waals surface area contributed by atoms with Crippen molar-refractivity contribution in [2.75, 3.05) is 19.6 Å². The minimum atomic E-state index is 0.483. The predicted octanol–water partition coefficient (Wildman–Crippen LogP) is 1.52. The molecule has 0 unspecified atom stereocenters. The average molecular weight is 182 g/mol. The van der Waals surface area contributed by atoms with Gasteiger partial charge in [-0.2, -0.15) is 0 Å². The van der Waals surface area contributed by atoms with Gasteiger partial charge in [0.05, 0.1) is 0 Å². The maximum atomic E-state index is 3.73. The Morgan fingerprint density at radius 3 is 2.54 bits per heavy atom. The lowest BCUT2D eigenvalue weighted by Gasteiger charge is -2.30. The first-order chi connectivity index (χ1) is 6.29. The summed E-state index contributed by atoms with van der Waals surface area (Å²) in [7, 11) is 0. The van der Waals surface area contributed by atoms with E-state index in [-0.39, 0.29) is 0 Å². The fourth-order valence-electron chi connectivity index (χ4n) is 2.46. The summed E-state index contributed by atoms with van der Waals surface area (Å²) >= 11 is 0. The summed E-state index contributed by atoms with van der Waals surface area (Å²) in [6, 6.07) is 0. The molecule has 2 rings (SSSR count). The first-order valence-corrected chi connectivity index (χ1v) is 5.74. The zero-order valence-electron chi connectivity index (χ0n) is 8.73. The van der Waals surface area contributed by atoms with E-state index in [2.05, 4.69) is 17.6 Å². The van der Waals surface area contributed by atoms with Crippen LogP contribution in [0, 0.1) is 5.92 Å². The molecule has 1 aliphatic carbocycles. The monoisotopic (exact) mass is 182 g/mol. The lowest BCUT2D eigenvalue weighted by Crippen LogP contribution is -2.46. The Kier molecular flexibility index (Phi) is 2.89. The predicted molar refractivity (Wildman–Crippen MR) is 55.9 cm³/mol. The molecule has 0 spiro atoms. The van der Waals surface area contributed by atoms with Crippen molar-refractivity contribution in [2.24, 2.45) is 5.92 Å². The van der Waals surface area contributed by atoms with Crippen LogP contribution in [0.4, 0.5) is 0 Å². The molecule has 0 aromatic heterocycles. The van der Waals surface area contributed by atoms with Crippen molar-refractivity contribution in [3.8, 4) is 0 Å². The molecule has 0 atom stereocenters. The topological polar surface area (TPSA) is 24.1 Å². The highest BCUT2D eigenvalue weighted by atomic mass is 15.0. The summed E-state index contributed by atoms with van der Waals surface area (Å²) in [4.78, 5) is 0. The van der Waals surface area contributed by atoms with Gasteiger partial charge in [0, 0.05) is 5.54 Å². The lowest BCUT2D eigenvalue weighted by atomic mass is 9.97. The SMILES string of the molecule is CC1(NCCC2CNC2)CCCC1. The highest BCUT2D eigenvalue weighted by Gasteiger charge is 2.28. The Balaban J connectivity index is 1.60. The van der Waals surface area contributed by atoms with Crippen LogP contribution in [0.15, 0.2) is 0 Å². The summed E-state index contributed by atoms with van der Waals surface area (Å²) in [6.45, 7) is 6.11. The van der Waals surface area contributed by atoms with Crippen molar-refractivity contribution in [2.45, 2.75) is 44.6 Å². The molecule has 2 fully saturated rings. The van der Waals surface area contributed by atoms with E-state index in [9.17, 15) is 0 Å². The molecule has 2 N–H and O–H groups in total. The van der Waals surface area contributed by atoms with Gasteiger partial charge in [-0.05, 0) is 51.7 Å². The van der Waals surface area contributed by atoms with Crippen LogP contribution in [0.2, 0.25) is 0 Å². The second kappa shape index (κ2) is 3.97. The maximum absolute atomic E-state index is 3.73. The number of hydrogen-bond donors (Lipinski definition) is 2. The van der Waals surface area contributed by atoms with Crippen LogP contribution < -0.4 is 10.6 Å². The Morgan fingerprint density at radius 2 is 2.00 bits per heavy atom. The van der Waals surface area contributed by atoms with E-state index in [4.69, 9.17) is 0 Å². The van der Waals surface area contributed by atoms with Gasteiger partial charge in [-0.25, -0.2) is 0 Å². The van der Waals surface area contributed by atoms with Gasteiger partial charge in [-0.3, -0.25) is 0 Å². The van der Waals surface area contributed by atoms with Crippen LogP contribution in [0.3, 0.4) is 0 Å². The third-order valence-corrected chi connectivity index (χ3v) is 3.68. The third kappa shape index (κ3) is 2.44. The molecule has 0 aromatic carbocycles. The Morgan fingerprint density at radius 1 is 1.31 bits per heavy atom. The van der Waals surface area contributed by atoms with Crippen molar-refractivity contribution in [3.63, 3.8) is 0 Å². The van der Waals surface area contributed by atoms with Crippen molar-refractivity contribution in [1.82, 2.24) is 10.6 Å². The van der Waals surface area contributed by atoms with E-state index >= 15 is 0 Å². The quantitative estimate of drug-likeness (QED) is 0.689. The van der Waals surface area contributed by atoms with Crippen molar-refractivity contribution < 1.29 is 0 Å². The number of nitrogens with one attached hydrogen (secondary N) is 2. The highest BCUT2D eigenvalue weighted by Crippen LogP contribution is 2.28. The van der Waals surface area contributed by atoms with Crippen LogP contribution >= 0.6 is 0 Å². The molecule has 1 heterocycles. The molecular weight excluding hydrogens is 160 g/mol. The molecule has 2 heteroatoms. The van der Waals surface area contributed by atoms with E-state index in [0.717, 1.165) is 5.92 Å². The molecule has 1 saturated heterocycles. The van der Waals surface area contributed by atoms with Gasteiger partial charge in [-0.1, -0.05) is 12.8 Å². The molecule has 1 aliphatic heterocycles. The number of rotatable bonds is 4. The fraction of sp³-hybridized carbons (Fsp3) is 1.00. The fourth-order valence-corrected chi connectivity index (χ4v) is 2.46. The molecule has 76 valence electrons. The number of hydrogen-bond acceptors (Lipinski definition) is 2. The molecule has 1 saturated carbocycles. The zero-order valence-corrected chi connectivity index (χ0v) is 8.73. The first kappa shape index (κ1) is 9.47. The van der Waals surface area contributed by atoms with E-state index in [1.165, 1.54) is 51.7 Å². The summed E-state index contributed by atoms with van der Waals surface area (Å²) in [5, 5.41) is 7.05. The Hall–Kier alpha value is -0.0800. The lowest BCUT2D eigenvalue weighted by molar-refractivity contribution is 0.292. The summed E-state index contributed by atoms with van der Waals surface area (Å²) in [6.07, 6.45) is 6.98. The van der Waals surface area contributed by atoms with Gasteiger partial charge in [0.25, 0.3) is 0 Å². The van der Waals surface area contributed by atoms with Gasteiger partial charge >= 0.3 is 0 Å². The zero-order chi connectivity index (χ0) is 9.15. The largest absolute Gasteiger partial charge is 0.316 e. The van der Waals surface area contributed by atoms with Crippen LogP contribution in [-0.2, 0) is 0 Å². The highest BCUT2D eigenvalue weighted by molar-refractivity contribution is 4.88. The standard InChI is InChI=1S/C11H22N2/c1-11(5-2-3-6-11)13-7-4-10-8-12-9-10/h10,12-13H,2-9H2,1H3. The van der Waals surface area contributed by atoms with Crippen molar-refractivity contribution in [3.05, 3.63) is 0 Å². The summed E-state index contributed by atoms with van der Waals surface area (Å²) in [5.74, 6) is 0.956. The summed E-state index contributed by atoms with van der Waals surface area (Å²) in [5.41, 5.74) is 0.483. The molecular formula is C11H22N2. The van der Waals surface area contributed by atoms with Gasteiger partial charge in [-0.15, -0.1) is 0 Å². The van der Waals surface area contributed by atoms with E-state index < -0.39 is 0 Å².